The predicted molar refractivity (Wildman–Crippen MR) is 23.4 cm³/mol. The zero-order valence-corrected chi connectivity index (χ0v) is 21.7. The molecule has 0 unspecified atom stereocenters. The minimum atomic E-state index is -3.06. The van der Waals surface area contributed by atoms with Crippen LogP contribution < -0.4 is 138 Å². The van der Waals surface area contributed by atoms with Crippen LogP contribution in [0.4, 0.5) is 0 Å². The third-order valence-corrected chi connectivity index (χ3v) is 0. The minimum absolute atomic E-state index is 0. The van der Waals surface area contributed by atoms with E-state index < -0.39 is 11.9 Å². The topological polar surface area (TPSA) is 0 Å². The molecule has 0 atom stereocenters. The van der Waals surface area contributed by atoms with Crippen LogP contribution in [0, 0.1) is 0 Å². The van der Waals surface area contributed by atoms with Crippen molar-refractivity contribution in [2.45, 2.75) is 0 Å². The zero-order valence-electron chi connectivity index (χ0n) is 3.83. The molecule has 0 saturated heterocycles. The summed E-state index contributed by atoms with van der Waals surface area (Å²) in [6.07, 6.45) is 0. The van der Waals surface area contributed by atoms with Gasteiger partial charge < -0.3 is 0 Å². The number of hydrogen-bond donors (Lipinski definition) is 0. The first-order valence-electron chi connectivity index (χ1n) is 0.478. The van der Waals surface area contributed by atoms with Crippen LogP contribution in [0.25, 0.3) is 0 Å². The van der Waals surface area contributed by atoms with E-state index >= 15 is 0 Å². The van der Waals surface area contributed by atoms with Crippen LogP contribution in [0.2, 0.25) is 0 Å². The maximum absolute atomic E-state index is 5.01. The first-order valence-corrected chi connectivity index (χ1v) is 11.7. The van der Waals surface area contributed by atoms with Gasteiger partial charge in [0.25, 0.3) is 0 Å². The molecule has 0 amide bonds. The summed E-state index contributed by atoms with van der Waals surface area (Å²) in [5, 5.41) is 0. The molecule has 7 heteroatoms. The summed E-state index contributed by atoms with van der Waals surface area (Å²) in [5.41, 5.74) is 0. The van der Waals surface area contributed by atoms with Crippen LogP contribution in [0.3, 0.4) is 0 Å². The van der Waals surface area contributed by atoms with E-state index in [1.165, 1.54) is 0 Å². The molecular formula is Cl4Cs2Pt. The smallest absolute Gasteiger partial charge is 1.00 e. The Labute approximate surface area is 180 Å². The van der Waals surface area contributed by atoms with Gasteiger partial charge in [-0.2, -0.15) is 0 Å². The van der Waals surface area contributed by atoms with E-state index in [1.54, 1.807) is 0 Å². The van der Waals surface area contributed by atoms with Gasteiger partial charge in [-0.3, -0.25) is 0 Å². The Balaban J connectivity index is -0.0000000800. The van der Waals surface area contributed by atoms with Gasteiger partial charge in [0.15, 0.2) is 0 Å². The SMILES string of the molecule is [Cl][Pt-2]([Cl])([Cl])[Cl].[Cs+].[Cs+]. The molecule has 0 nitrogen and oxygen atoms in total. The van der Waals surface area contributed by atoms with Crippen molar-refractivity contribution in [3.63, 3.8) is 0 Å². The summed E-state index contributed by atoms with van der Waals surface area (Å²) in [4.78, 5) is 0. The Bertz CT molecular complexity index is 25.2. The molecule has 0 fully saturated rings. The maximum Gasteiger partial charge on any atom is 1.00 e. The molecule has 0 aromatic heterocycles. The Morgan fingerprint density at radius 3 is 0.714 bits per heavy atom. The van der Waals surface area contributed by atoms with E-state index in [0.717, 1.165) is 0 Å². The zero-order chi connectivity index (χ0) is 4.50. The Morgan fingerprint density at radius 1 is 0.714 bits per heavy atom. The van der Waals surface area contributed by atoms with E-state index in [-0.39, 0.29) is 138 Å². The van der Waals surface area contributed by atoms with Gasteiger partial charge in [0, 0.05) is 0 Å². The van der Waals surface area contributed by atoms with Crippen molar-refractivity contribution in [1.29, 1.82) is 0 Å². The largest absolute Gasteiger partial charge is 1.00 e. The summed E-state index contributed by atoms with van der Waals surface area (Å²) >= 11 is -3.06. The molecule has 0 N–H and O–H groups in total. The normalized spacial score (nSPS) is 10.9. The van der Waals surface area contributed by atoms with Crippen LogP contribution in [-0.2, 0) is 11.9 Å². The fraction of sp³-hybridized carbons (Fsp3) is 0. The van der Waals surface area contributed by atoms with Crippen molar-refractivity contribution in [3.05, 3.63) is 0 Å². The molecule has 0 aromatic carbocycles. The van der Waals surface area contributed by atoms with E-state index in [4.69, 9.17) is 37.7 Å². The number of rotatable bonds is 0. The molecule has 0 rings (SSSR count). The van der Waals surface area contributed by atoms with Crippen molar-refractivity contribution in [1.82, 2.24) is 0 Å². The second-order valence-corrected chi connectivity index (χ2v) is 20.0. The van der Waals surface area contributed by atoms with E-state index in [2.05, 4.69) is 0 Å². The van der Waals surface area contributed by atoms with Crippen LogP contribution in [0.1, 0.15) is 0 Å². The van der Waals surface area contributed by atoms with Crippen LogP contribution in [0.5, 0.6) is 0 Å². The van der Waals surface area contributed by atoms with Crippen molar-refractivity contribution in [3.8, 4) is 0 Å². The fourth-order valence-corrected chi connectivity index (χ4v) is 0. The van der Waals surface area contributed by atoms with Gasteiger partial charge in [-0.15, -0.1) is 0 Å². The predicted octanol–water partition coefficient (Wildman–Crippen LogP) is -3.24. The van der Waals surface area contributed by atoms with Crippen LogP contribution in [0.15, 0.2) is 0 Å². The second kappa shape index (κ2) is 10.0. The first-order chi connectivity index (χ1) is 2.00. The second-order valence-electron chi connectivity index (χ2n) is 0.271. The van der Waals surface area contributed by atoms with Crippen LogP contribution >= 0.6 is 37.7 Å². The van der Waals surface area contributed by atoms with Crippen molar-refractivity contribution in [2.24, 2.45) is 0 Å². The Morgan fingerprint density at radius 2 is 0.714 bits per heavy atom. The third-order valence-electron chi connectivity index (χ3n) is 0. The number of hydrogen-bond acceptors (Lipinski definition) is 0. The molecule has 0 aromatic rings. The van der Waals surface area contributed by atoms with Gasteiger partial charge >= 0.3 is 187 Å². The molecule has 40 valence electrons. The van der Waals surface area contributed by atoms with Crippen molar-refractivity contribution in [2.75, 3.05) is 0 Å². The molecule has 0 radical (unpaired) electrons. The van der Waals surface area contributed by atoms with Gasteiger partial charge in [0.2, 0.25) is 0 Å². The third kappa shape index (κ3) is 33.4. The molecule has 0 saturated carbocycles. The molecular weight excluding hydrogens is 603 g/mol. The van der Waals surface area contributed by atoms with E-state index in [0.29, 0.717) is 0 Å². The van der Waals surface area contributed by atoms with Crippen molar-refractivity contribution < 1.29 is 150 Å². The monoisotopic (exact) mass is 601 g/mol. The summed E-state index contributed by atoms with van der Waals surface area (Å²) in [6, 6.07) is 0. The van der Waals surface area contributed by atoms with Crippen LogP contribution in [-0.4, -0.2) is 0 Å². The van der Waals surface area contributed by atoms with Gasteiger partial charge in [0.05, 0.1) is 0 Å². The van der Waals surface area contributed by atoms with E-state index in [1.807, 2.05) is 0 Å². The molecule has 0 aliphatic carbocycles. The summed E-state index contributed by atoms with van der Waals surface area (Å²) < 4.78 is 0. The molecule has 0 aliphatic heterocycles. The average molecular weight is 603 g/mol. The van der Waals surface area contributed by atoms with Gasteiger partial charge in [-0.1, -0.05) is 0 Å². The molecule has 7 heavy (non-hydrogen) atoms. The molecule has 0 bridgehead atoms. The summed E-state index contributed by atoms with van der Waals surface area (Å²) in [7, 11) is 20.0. The Hall–Kier alpha value is 5.95. The average Bonchev–Trinajstić information content (AvgIpc) is 0.722. The first kappa shape index (κ1) is 18.7. The molecule has 0 aliphatic rings. The van der Waals surface area contributed by atoms with Gasteiger partial charge in [0.1, 0.15) is 0 Å². The van der Waals surface area contributed by atoms with Crippen molar-refractivity contribution >= 4 is 37.7 Å². The minimum Gasteiger partial charge on any atom is 1.00 e. The quantitative estimate of drug-likeness (QED) is 0.274. The van der Waals surface area contributed by atoms with Gasteiger partial charge in [-0.25, -0.2) is 0 Å². The summed E-state index contributed by atoms with van der Waals surface area (Å²) in [5.74, 6) is 0. The number of halogens is 4. The Kier molecular flexibility index (Phi) is 26.8. The fourth-order valence-electron chi connectivity index (χ4n) is 0. The standard InChI is InChI=1S/4ClH.2Cs.Pt/h4*1H;;;/q;;;;2*+1;+2/p-4. The molecule has 0 spiro atoms. The summed E-state index contributed by atoms with van der Waals surface area (Å²) in [6.45, 7) is 0. The maximum atomic E-state index is 5.01. The van der Waals surface area contributed by atoms with Gasteiger partial charge in [-0.05, 0) is 0 Å². The molecule has 0 heterocycles. The van der Waals surface area contributed by atoms with E-state index in [9.17, 15) is 0 Å².